The molecule has 1 aromatic carbocycles. The number of phenols is 1. The Balaban J connectivity index is 3.19. The molecule has 9 heteroatoms. The number of aliphatic hydroxyl groups excluding tert-OH is 1. The van der Waals surface area contributed by atoms with Crippen molar-refractivity contribution in [3.05, 3.63) is 29.8 Å². The zero-order valence-corrected chi connectivity index (χ0v) is 18.6. The van der Waals surface area contributed by atoms with Gasteiger partial charge >= 0.3 is 6.09 Å². The van der Waals surface area contributed by atoms with Gasteiger partial charge in [-0.2, -0.15) is 0 Å². The van der Waals surface area contributed by atoms with Gasteiger partial charge in [0.1, 0.15) is 23.4 Å². The first kappa shape index (κ1) is 25.2. The molecule has 30 heavy (non-hydrogen) atoms. The Labute approximate surface area is 177 Å². The smallest absolute Gasteiger partial charge is 0.408 e. The number of aliphatic hydroxyl groups is 1. The molecule has 0 radical (unpaired) electrons. The molecule has 0 saturated heterocycles. The summed E-state index contributed by atoms with van der Waals surface area (Å²) in [4.78, 5) is 39.1. The highest BCUT2D eigenvalue weighted by molar-refractivity contribution is 5.92. The zero-order chi connectivity index (χ0) is 23.3. The van der Waals surface area contributed by atoms with Crippen LogP contribution >= 0.6 is 0 Å². The molecule has 0 aliphatic carbocycles. The monoisotopic (exact) mass is 423 g/mol. The minimum absolute atomic E-state index is 0.160. The number of carbonyl (C=O) groups is 3. The van der Waals surface area contributed by atoms with Gasteiger partial charge in [-0.15, -0.1) is 0 Å². The van der Waals surface area contributed by atoms with Crippen molar-refractivity contribution in [2.75, 3.05) is 13.7 Å². The molecule has 3 amide bonds. The summed E-state index contributed by atoms with van der Waals surface area (Å²) < 4.78 is 5.13. The quantitative estimate of drug-likeness (QED) is 0.551. The van der Waals surface area contributed by atoms with E-state index in [1.165, 1.54) is 19.2 Å². The Morgan fingerprint density at radius 2 is 1.67 bits per heavy atom. The fraction of sp³-hybridized carbons (Fsp3) is 0.571. The van der Waals surface area contributed by atoms with Gasteiger partial charge in [-0.3, -0.25) is 9.59 Å². The third kappa shape index (κ3) is 7.55. The molecule has 2 unspecified atom stereocenters. The van der Waals surface area contributed by atoms with Crippen LogP contribution in [0.1, 0.15) is 53.1 Å². The van der Waals surface area contributed by atoms with Crippen molar-refractivity contribution >= 4 is 17.9 Å². The first-order valence-electron chi connectivity index (χ1n) is 9.63. The van der Waals surface area contributed by atoms with Crippen molar-refractivity contribution in [1.82, 2.24) is 15.5 Å². The van der Waals surface area contributed by atoms with Crippen molar-refractivity contribution in [2.45, 2.75) is 64.8 Å². The molecule has 2 atom stereocenters. The summed E-state index contributed by atoms with van der Waals surface area (Å²) in [5.41, 5.74) is -1.16. The molecule has 0 bridgehead atoms. The number of nitrogens with zero attached hydrogens (tertiary/aromatic N) is 1. The molecule has 0 aliphatic heterocycles. The number of alkyl carbamates (subject to hydrolysis) is 1. The van der Waals surface area contributed by atoms with Crippen LogP contribution in [0.3, 0.4) is 0 Å². The second-order valence-electron chi connectivity index (χ2n) is 9.03. The van der Waals surface area contributed by atoms with Gasteiger partial charge in [0.15, 0.2) is 0 Å². The molecule has 0 spiro atoms. The minimum Gasteiger partial charge on any atom is -0.508 e. The van der Waals surface area contributed by atoms with Gasteiger partial charge in [0.2, 0.25) is 11.8 Å². The molecule has 0 saturated carbocycles. The number of benzene rings is 1. The van der Waals surface area contributed by atoms with E-state index in [9.17, 15) is 24.6 Å². The van der Waals surface area contributed by atoms with Crippen LogP contribution in [0.4, 0.5) is 4.79 Å². The molecule has 168 valence electrons. The fourth-order valence-corrected chi connectivity index (χ4v) is 2.69. The fourth-order valence-electron chi connectivity index (χ4n) is 2.69. The number of para-hydroxylation sites is 1. The van der Waals surface area contributed by atoms with Crippen LogP contribution in [-0.4, -0.2) is 63.9 Å². The van der Waals surface area contributed by atoms with Crippen LogP contribution in [0.15, 0.2) is 24.3 Å². The molecule has 1 aromatic rings. The first-order chi connectivity index (χ1) is 13.7. The maximum Gasteiger partial charge on any atom is 0.408 e. The van der Waals surface area contributed by atoms with E-state index in [2.05, 4.69) is 10.6 Å². The molecule has 0 aliphatic rings. The Morgan fingerprint density at radius 1 is 1.10 bits per heavy atom. The van der Waals surface area contributed by atoms with Crippen LogP contribution in [0.25, 0.3) is 0 Å². The summed E-state index contributed by atoms with van der Waals surface area (Å²) in [5.74, 6) is -1.40. The highest BCUT2D eigenvalue weighted by Gasteiger charge is 2.36. The number of rotatable bonds is 6. The third-order valence-electron chi connectivity index (χ3n) is 3.88. The molecule has 4 N–H and O–H groups in total. The van der Waals surface area contributed by atoms with Gasteiger partial charge in [0.05, 0.1) is 6.61 Å². The van der Waals surface area contributed by atoms with Crippen LogP contribution in [0.5, 0.6) is 5.75 Å². The maximum atomic E-state index is 13.0. The lowest BCUT2D eigenvalue weighted by atomic mass is 10.0. The van der Waals surface area contributed by atoms with Crippen molar-refractivity contribution in [2.24, 2.45) is 0 Å². The zero-order valence-electron chi connectivity index (χ0n) is 18.6. The lowest BCUT2D eigenvalue weighted by Gasteiger charge is -2.33. The number of likely N-dealkylation sites (N-methyl/N-ethyl adjacent to an activating group) is 1. The average molecular weight is 424 g/mol. The number of hydrogen-bond acceptors (Lipinski definition) is 6. The number of amides is 3. The summed E-state index contributed by atoms with van der Waals surface area (Å²) in [6, 6.07) is 3.65. The van der Waals surface area contributed by atoms with E-state index in [4.69, 9.17) is 4.74 Å². The summed E-state index contributed by atoms with van der Waals surface area (Å²) in [6.45, 7) is 9.66. The standard InChI is InChI=1S/C21H33N3O6/c1-20(2,3)23-17(27)16(13-10-8-9-11-15(13)26)24(7)18(28)14(12-25)22-19(29)30-21(4,5)6/h8-11,14,16,25-26H,12H2,1-7H3,(H,22,29)(H,23,27). The van der Waals surface area contributed by atoms with Gasteiger partial charge in [-0.1, -0.05) is 18.2 Å². The second kappa shape index (κ2) is 9.80. The summed E-state index contributed by atoms with van der Waals surface area (Å²) in [5, 5.41) is 25.0. The van der Waals surface area contributed by atoms with Crippen LogP contribution in [0.2, 0.25) is 0 Å². The maximum absolute atomic E-state index is 13.0. The van der Waals surface area contributed by atoms with Gasteiger partial charge in [-0.05, 0) is 47.6 Å². The summed E-state index contributed by atoms with van der Waals surface area (Å²) >= 11 is 0. The molecule has 1 rings (SSSR count). The van der Waals surface area contributed by atoms with Gasteiger partial charge in [0, 0.05) is 18.2 Å². The van der Waals surface area contributed by atoms with Crippen molar-refractivity contribution in [3.63, 3.8) is 0 Å². The van der Waals surface area contributed by atoms with Crippen LogP contribution in [0, 0.1) is 0 Å². The average Bonchev–Trinajstić information content (AvgIpc) is 2.57. The molecule has 0 heterocycles. The van der Waals surface area contributed by atoms with Crippen molar-refractivity contribution < 1.29 is 29.3 Å². The molecular formula is C21H33N3O6. The topological polar surface area (TPSA) is 128 Å². The van der Waals surface area contributed by atoms with Crippen LogP contribution in [-0.2, 0) is 14.3 Å². The molecule has 9 nitrogen and oxygen atoms in total. The van der Waals surface area contributed by atoms with E-state index < -0.39 is 47.7 Å². The van der Waals surface area contributed by atoms with Gasteiger partial charge < -0.3 is 30.5 Å². The Morgan fingerprint density at radius 3 is 2.13 bits per heavy atom. The molecule has 0 fully saturated rings. The lowest BCUT2D eigenvalue weighted by Crippen LogP contribution is -2.54. The predicted octanol–water partition coefficient (Wildman–Crippen LogP) is 1.69. The van der Waals surface area contributed by atoms with E-state index in [1.807, 2.05) is 0 Å². The Kier molecular flexibility index (Phi) is 8.24. The lowest BCUT2D eigenvalue weighted by molar-refractivity contribution is -0.142. The molecular weight excluding hydrogens is 390 g/mol. The van der Waals surface area contributed by atoms with E-state index in [0.29, 0.717) is 0 Å². The number of aromatic hydroxyl groups is 1. The van der Waals surface area contributed by atoms with E-state index in [-0.39, 0.29) is 11.3 Å². The Bertz CT molecular complexity index is 767. The second-order valence-corrected chi connectivity index (χ2v) is 9.03. The number of ether oxygens (including phenoxy) is 1. The largest absolute Gasteiger partial charge is 0.508 e. The van der Waals surface area contributed by atoms with Crippen molar-refractivity contribution in [3.8, 4) is 5.75 Å². The first-order valence-corrected chi connectivity index (χ1v) is 9.63. The number of carbonyl (C=O) groups excluding carboxylic acids is 3. The summed E-state index contributed by atoms with van der Waals surface area (Å²) in [6.07, 6.45) is -0.874. The SMILES string of the molecule is CN(C(=O)C(CO)NC(=O)OC(C)(C)C)C(C(=O)NC(C)(C)C)c1ccccc1O. The predicted molar refractivity (Wildman–Crippen MR) is 112 cm³/mol. The number of hydrogen-bond donors (Lipinski definition) is 4. The van der Waals surface area contributed by atoms with Gasteiger partial charge in [0.25, 0.3) is 0 Å². The summed E-state index contributed by atoms with van der Waals surface area (Å²) in [7, 11) is 1.36. The van der Waals surface area contributed by atoms with Crippen molar-refractivity contribution in [1.29, 1.82) is 0 Å². The highest BCUT2D eigenvalue weighted by Crippen LogP contribution is 2.29. The van der Waals surface area contributed by atoms with Crippen LogP contribution < -0.4 is 10.6 Å². The minimum atomic E-state index is -1.33. The molecule has 0 aromatic heterocycles. The Hall–Kier alpha value is -2.81. The normalized spacial score (nSPS) is 13.7. The van der Waals surface area contributed by atoms with Gasteiger partial charge in [-0.25, -0.2) is 4.79 Å². The third-order valence-corrected chi connectivity index (χ3v) is 3.88. The van der Waals surface area contributed by atoms with E-state index in [1.54, 1.807) is 53.7 Å². The number of nitrogens with one attached hydrogen (secondary N) is 2. The van der Waals surface area contributed by atoms with E-state index >= 15 is 0 Å². The number of phenolic OH excluding ortho intramolecular Hbond substituents is 1. The highest BCUT2D eigenvalue weighted by atomic mass is 16.6. The van der Waals surface area contributed by atoms with E-state index in [0.717, 1.165) is 4.90 Å².